The molecule has 1 aromatic heterocycles. The Hall–Kier alpha value is -2.96. The summed E-state index contributed by atoms with van der Waals surface area (Å²) in [6.45, 7) is 10.4. The standard InChI is InChI=1S/C30H35ClN2O3S/c1-21(18-33(5)29-32-27(20-37-29)25-13-9-10-14-26(25)31)15-16-24(22-11-7-6-8-12-22)23(19-34)17-28(35)36-30(2,3)4/h6-14,19-20,23-24H,1,15-18H2,2-5H3. The number of aromatic nitrogens is 1. The van der Waals surface area contributed by atoms with Gasteiger partial charge in [-0.3, -0.25) is 4.79 Å². The van der Waals surface area contributed by atoms with Crippen LogP contribution in [-0.4, -0.2) is 36.4 Å². The number of nitrogens with zero attached hydrogens (tertiary/aromatic N) is 2. The van der Waals surface area contributed by atoms with Crippen LogP contribution in [0, 0.1) is 5.92 Å². The van der Waals surface area contributed by atoms with E-state index >= 15 is 0 Å². The van der Waals surface area contributed by atoms with Gasteiger partial charge in [0.15, 0.2) is 5.13 Å². The molecule has 2 unspecified atom stereocenters. The summed E-state index contributed by atoms with van der Waals surface area (Å²) >= 11 is 7.90. The van der Waals surface area contributed by atoms with Gasteiger partial charge in [-0.15, -0.1) is 11.3 Å². The number of carbonyl (C=O) groups is 2. The molecule has 0 fully saturated rings. The molecular formula is C30H35ClN2O3S. The quantitative estimate of drug-likeness (QED) is 0.135. The summed E-state index contributed by atoms with van der Waals surface area (Å²) in [5, 5.41) is 3.56. The van der Waals surface area contributed by atoms with Gasteiger partial charge in [0.05, 0.1) is 12.1 Å². The summed E-state index contributed by atoms with van der Waals surface area (Å²) in [5.41, 5.74) is 3.24. The van der Waals surface area contributed by atoms with Gasteiger partial charge in [-0.25, -0.2) is 4.98 Å². The van der Waals surface area contributed by atoms with Crippen molar-refractivity contribution >= 4 is 40.3 Å². The Kier molecular flexibility index (Phi) is 10.1. The molecular weight excluding hydrogens is 504 g/mol. The zero-order valence-corrected chi connectivity index (χ0v) is 23.5. The van der Waals surface area contributed by atoms with Crippen LogP contribution < -0.4 is 4.90 Å². The van der Waals surface area contributed by atoms with E-state index in [2.05, 4.69) is 11.5 Å². The molecule has 37 heavy (non-hydrogen) atoms. The molecule has 3 rings (SSSR count). The van der Waals surface area contributed by atoms with Crippen LogP contribution in [0.15, 0.2) is 72.1 Å². The maximum Gasteiger partial charge on any atom is 0.307 e. The Morgan fingerprint density at radius 2 is 1.84 bits per heavy atom. The van der Waals surface area contributed by atoms with E-state index < -0.39 is 11.5 Å². The number of benzene rings is 2. The van der Waals surface area contributed by atoms with Crippen LogP contribution in [-0.2, 0) is 14.3 Å². The lowest BCUT2D eigenvalue weighted by Gasteiger charge is -2.26. The molecule has 2 aromatic carbocycles. The summed E-state index contributed by atoms with van der Waals surface area (Å²) in [7, 11) is 1.99. The van der Waals surface area contributed by atoms with Gasteiger partial charge in [0.2, 0.25) is 0 Å². The van der Waals surface area contributed by atoms with Crippen molar-refractivity contribution in [2.75, 3.05) is 18.5 Å². The van der Waals surface area contributed by atoms with E-state index in [0.29, 0.717) is 24.4 Å². The maximum atomic E-state index is 12.5. The molecule has 3 aromatic rings. The van der Waals surface area contributed by atoms with Gasteiger partial charge in [-0.2, -0.15) is 0 Å². The zero-order chi connectivity index (χ0) is 27.0. The molecule has 0 saturated heterocycles. The van der Waals surface area contributed by atoms with Crippen LogP contribution in [0.25, 0.3) is 11.3 Å². The minimum absolute atomic E-state index is 0.0522. The average molecular weight is 539 g/mol. The molecule has 0 aliphatic rings. The summed E-state index contributed by atoms with van der Waals surface area (Å²) in [6, 6.07) is 17.6. The summed E-state index contributed by atoms with van der Waals surface area (Å²) < 4.78 is 5.49. The number of likely N-dealkylation sites (N-methyl/N-ethyl adjacent to an activating group) is 1. The zero-order valence-electron chi connectivity index (χ0n) is 21.9. The minimum atomic E-state index is -0.590. The fourth-order valence-electron chi connectivity index (χ4n) is 4.26. The first-order valence-electron chi connectivity index (χ1n) is 12.4. The van der Waals surface area contributed by atoms with Crippen molar-refractivity contribution in [1.29, 1.82) is 0 Å². The molecule has 1 heterocycles. The molecule has 5 nitrogen and oxygen atoms in total. The number of ether oxygens (including phenoxy) is 1. The Bertz CT molecular complexity index is 1200. The van der Waals surface area contributed by atoms with E-state index in [1.54, 1.807) is 11.3 Å². The number of hydrogen-bond donors (Lipinski definition) is 0. The fraction of sp³-hybridized carbons (Fsp3) is 0.367. The molecule has 0 N–H and O–H groups in total. The number of thiazole rings is 1. The van der Waals surface area contributed by atoms with Crippen LogP contribution in [0.1, 0.15) is 51.5 Å². The van der Waals surface area contributed by atoms with E-state index in [9.17, 15) is 9.59 Å². The molecule has 2 atom stereocenters. The smallest absolute Gasteiger partial charge is 0.307 e. The maximum absolute atomic E-state index is 12.5. The molecule has 0 radical (unpaired) electrons. The summed E-state index contributed by atoms with van der Waals surface area (Å²) in [5.74, 6) is -0.943. The van der Waals surface area contributed by atoms with Crippen molar-refractivity contribution in [2.45, 2.75) is 51.6 Å². The Balaban J connectivity index is 1.65. The lowest BCUT2D eigenvalue weighted by molar-refractivity contribution is -0.156. The first kappa shape index (κ1) is 28.6. The molecule has 0 aliphatic carbocycles. The topological polar surface area (TPSA) is 59.5 Å². The van der Waals surface area contributed by atoms with Crippen molar-refractivity contribution in [3.8, 4) is 11.3 Å². The highest BCUT2D eigenvalue weighted by Gasteiger charge is 2.28. The second-order valence-electron chi connectivity index (χ2n) is 10.2. The number of carbonyl (C=O) groups excluding carboxylic acids is 2. The SMILES string of the molecule is C=C(CCC(c1ccccc1)C(C=O)CC(=O)OC(C)(C)C)CN(C)c1nc(-c2ccccc2Cl)cs1. The summed E-state index contributed by atoms with van der Waals surface area (Å²) in [6.07, 6.45) is 2.36. The fourth-order valence-corrected chi connectivity index (χ4v) is 5.29. The van der Waals surface area contributed by atoms with Gasteiger partial charge in [0, 0.05) is 35.5 Å². The second-order valence-corrected chi connectivity index (χ2v) is 11.5. The van der Waals surface area contributed by atoms with Crippen molar-refractivity contribution in [2.24, 2.45) is 5.92 Å². The Labute approximate surface area is 229 Å². The van der Waals surface area contributed by atoms with Crippen LogP contribution in [0.5, 0.6) is 0 Å². The van der Waals surface area contributed by atoms with Gasteiger partial charge in [0.25, 0.3) is 0 Å². The predicted molar refractivity (Wildman–Crippen MR) is 153 cm³/mol. The van der Waals surface area contributed by atoms with Gasteiger partial charge in [-0.1, -0.05) is 72.3 Å². The van der Waals surface area contributed by atoms with E-state index in [0.717, 1.165) is 33.8 Å². The molecule has 0 bridgehead atoms. The van der Waals surface area contributed by atoms with E-state index in [-0.39, 0.29) is 18.3 Å². The number of hydrogen-bond acceptors (Lipinski definition) is 6. The highest BCUT2D eigenvalue weighted by atomic mass is 35.5. The van der Waals surface area contributed by atoms with Gasteiger partial charge in [-0.05, 0) is 51.2 Å². The van der Waals surface area contributed by atoms with E-state index in [1.165, 1.54) is 0 Å². The second kappa shape index (κ2) is 13.0. The van der Waals surface area contributed by atoms with Gasteiger partial charge < -0.3 is 14.4 Å². The Morgan fingerprint density at radius 1 is 1.16 bits per heavy atom. The third-order valence-electron chi connectivity index (χ3n) is 5.98. The van der Waals surface area contributed by atoms with Crippen LogP contribution in [0.2, 0.25) is 5.02 Å². The summed E-state index contributed by atoms with van der Waals surface area (Å²) in [4.78, 5) is 31.5. The third-order valence-corrected chi connectivity index (χ3v) is 7.26. The predicted octanol–water partition coefficient (Wildman–Crippen LogP) is 7.57. The minimum Gasteiger partial charge on any atom is -0.460 e. The molecule has 0 spiro atoms. The molecule has 0 aliphatic heterocycles. The van der Waals surface area contributed by atoms with Gasteiger partial charge >= 0.3 is 5.97 Å². The van der Waals surface area contributed by atoms with Crippen molar-refractivity contribution < 1.29 is 14.3 Å². The molecule has 196 valence electrons. The molecule has 7 heteroatoms. The monoisotopic (exact) mass is 538 g/mol. The average Bonchev–Trinajstić information content (AvgIpc) is 3.33. The number of rotatable bonds is 12. The van der Waals surface area contributed by atoms with Crippen molar-refractivity contribution in [3.63, 3.8) is 0 Å². The van der Waals surface area contributed by atoms with Crippen LogP contribution in [0.4, 0.5) is 5.13 Å². The first-order chi connectivity index (χ1) is 17.6. The molecule has 0 amide bonds. The Morgan fingerprint density at radius 3 is 2.49 bits per heavy atom. The van der Waals surface area contributed by atoms with Gasteiger partial charge in [0.1, 0.15) is 11.9 Å². The highest BCUT2D eigenvalue weighted by Crippen LogP contribution is 2.34. The lowest BCUT2D eigenvalue weighted by atomic mass is 9.81. The van der Waals surface area contributed by atoms with E-state index in [1.807, 2.05) is 87.8 Å². The van der Waals surface area contributed by atoms with Crippen LogP contribution >= 0.6 is 22.9 Å². The highest BCUT2D eigenvalue weighted by molar-refractivity contribution is 7.14. The largest absolute Gasteiger partial charge is 0.460 e. The first-order valence-corrected chi connectivity index (χ1v) is 13.6. The number of anilines is 1. The number of halogens is 1. The van der Waals surface area contributed by atoms with Crippen molar-refractivity contribution in [3.05, 3.63) is 82.7 Å². The third kappa shape index (κ3) is 8.54. The van der Waals surface area contributed by atoms with Crippen molar-refractivity contribution in [1.82, 2.24) is 4.98 Å². The lowest BCUT2D eigenvalue weighted by Crippen LogP contribution is -2.27. The number of aldehydes is 1. The number of esters is 1. The van der Waals surface area contributed by atoms with Crippen LogP contribution in [0.3, 0.4) is 0 Å². The molecule has 0 saturated carbocycles. The normalized spacial score (nSPS) is 13.0. The van der Waals surface area contributed by atoms with E-state index in [4.69, 9.17) is 21.3 Å².